The van der Waals surface area contributed by atoms with E-state index in [2.05, 4.69) is 10.3 Å². The summed E-state index contributed by atoms with van der Waals surface area (Å²) in [7, 11) is 1.64. The molecule has 0 amide bonds. The summed E-state index contributed by atoms with van der Waals surface area (Å²) in [5.41, 5.74) is -0.732. The second kappa shape index (κ2) is 6.22. The second-order valence-corrected chi connectivity index (χ2v) is 8.29. The van der Waals surface area contributed by atoms with E-state index in [9.17, 15) is 9.50 Å². The fraction of sp³-hybridized carbons (Fsp3) is 0.706. The van der Waals surface area contributed by atoms with Crippen LogP contribution in [0.25, 0.3) is 0 Å². The third-order valence-corrected chi connectivity index (χ3v) is 6.88. The molecular weight excluding hydrogens is 315 g/mol. The smallest absolute Gasteiger partial charge is 0.159 e. The Morgan fingerprint density at radius 1 is 1.52 bits per heavy atom. The van der Waals surface area contributed by atoms with E-state index in [-0.39, 0.29) is 24.0 Å². The van der Waals surface area contributed by atoms with Crippen molar-refractivity contribution in [3.8, 4) is 0 Å². The minimum absolute atomic E-state index is 0.115. The van der Waals surface area contributed by atoms with E-state index < -0.39 is 10.3 Å². The number of nitrogens with one attached hydrogen (secondary N) is 1. The first-order chi connectivity index (χ1) is 10.9. The van der Waals surface area contributed by atoms with E-state index >= 15 is 0 Å². The van der Waals surface area contributed by atoms with Gasteiger partial charge < -0.3 is 15.2 Å². The Morgan fingerprint density at radius 3 is 2.83 bits per heavy atom. The van der Waals surface area contributed by atoms with Gasteiger partial charge in [-0.05, 0) is 45.6 Å². The molecule has 0 spiro atoms. The van der Waals surface area contributed by atoms with Crippen LogP contribution in [0.2, 0.25) is 0 Å². The molecule has 0 bridgehead atoms. The summed E-state index contributed by atoms with van der Waals surface area (Å²) in [6.45, 7) is 3.96. The van der Waals surface area contributed by atoms with E-state index in [1.807, 2.05) is 19.9 Å². The van der Waals surface area contributed by atoms with Crippen LogP contribution in [0.4, 0.5) is 4.39 Å². The van der Waals surface area contributed by atoms with Crippen molar-refractivity contribution in [1.29, 1.82) is 0 Å². The summed E-state index contributed by atoms with van der Waals surface area (Å²) in [4.78, 5) is 4.68. The van der Waals surface area contributed by atoms with E-state index in [0.717, 1.165) is 24.4 Å². The third kappa shape index (κ3) is 2.85. The van der Waals surface area contributed by atoms with Crippen molar-refractivity contribution in [2.45, 2.75) is 62.1 Å². The molecule has 1 saturated carbocycles. The first-order valence-corrected chi connectivity index (χ1v) is 9.02. The second-order valence-electron chi connectivity index (χ2n) is 6.85. The lowest BCUT2D eigenvalue weighted by atomic mass is 9.70. The zero-order valence-corrected chi connectivity index (χ0v) is 14.7. The van der Waals surface area contributed by atoms with Crippen LogP contribution < -0.4 is 5.32 Å². The molecule has 2 unspecified atom stereocenters. The van der Waals surface area contributed by atoms with Gasteiger partial charge in [-0.1, -0.05) is 23.9 Å². The molecular formula is C17H25FN2O2S. The number of aliphatic hydroxyl groups is 1. The summed E-state index contributed by atoms with van der Waals surface area (Å²) in [5, 5.41) is 14.8. The molecule has 128 valence electrons. The van der Waals surface area contributed by atoms with Crippen LogP contribution in [0, 0.1) is 5.92 Å². The van der Waals surface area contributed by atoms with Crippen LogP contribution >= 0.6 is 11.8 Å². The largest absolute Gasteiger partial charge is 0.388 e. The van der Waals surface area contributed by atoms with Gasteiger partial charge in [-0.2, -0.15) is 0 Å². The van der Waals surface area contributed by atoms with E-state index in [4.69, 9.17) is 4.74 Å². The molecule has 0 aromatic rings. The quantitative estimate of drug-likeness (QED) is 0.825. The Labute approximate surface area is 141 Å². The average molecular weight is 340 g/mol. The fourth-order valence-electron chi connectivity index (χ4n) is 3.55. The fourth-order valence-corrected chi connectivity index (χ4v) is 4.99. The van der Waals surface area contributed by atoms with Gasteiger partial charge in [0.25, 0.3) is 0 Å². The van der Waals surface area contributed by atoms with Crippen molar-refractivity contribution in [3.05, 3.63) is 24.1 Å². The van der Waals surface area contributed by atoms with E-state index in [1.165, 1.54) is 17.8 Å². The topological polar surface area (TPSA) is 53.8 Å². The maximum Gasteiger partial charge on any atom is 0.159 e. The molecule has 3 aliphatic rings. The van der Waals surface area contributed by atoms with Crippen LogP contribution in [0.3, 0.4) is 0 Å². The Bertz CT molecular complexity index is 559. The first kappa shape index (κ1) is 17.0. The molecule has 1 aliphatic heterocycles. The van der Waals surface area contributed by atoms with Crippen molar-refractivity contribution in [2.24, 2.45) is 10.9 Å². The SMILES string of the molecule is COC1NC(=N[C@@H](C)C2CC=CC=C2F)S[C@]1(C)C1(O)CCC1. The molecule has 0 aromatic heterocycles. The predicted octanol–water partition coefficient (Wildman–Crippen LogP) is 3.14. The number of aliphatic imine (C=N–C) groups is 1. The summed E-state index contributed by atoms with van der Waals surface area (Å²) >= 11 is 1.53. The van der Waals surface area contributed by atoms with Gasteiger partial charge in [-0.3, -0.25) is 4.99 Å². The molecule has 2 N–H and O–H groups in total. The van der Waals surface area contributed by atoms with E-state index in [0.29, 0.717) is 6.42 Å². The van der Waals surface area contributed by atoms with Crippen LogP contribution in [0.1, 0.15) is 39.5 Å². The zero-order chi connectivity index (χ0) is 16.7. The maximum absolute atomic E-state index is 14.0. The van der Waals surface area contributed by atoms with Crippen molar-refractivity contribution in [1.82, 2.24) is 5.32 Å². The number of allylic oxidation sites excluding steroid dienone is 3. The lowest BCUT2D eigenvalue weighted by Crippen LogP contribution is -2.61. The highest BCUT2D eigenvalue weighted by Gasteiger charge is 2.60. The Hall–Kier alpha value is -0.850. The number of rotatable bonds is 4. The molecule has 1 saturated heterocycles. The van der Waals surface area contributed by atoms with Gasteiger partial charge in [-0.25, -0.2) is 4.39 Å². The van der Waals surface area contributed by atoms with Crippen LogP contribution in [-0.2, 0) is 4.74 Å². The summed E-state index contributed by atoms with van der Waals surface area (Å²) in [6.07, 6.45) is 8.21. The van der Waals surface area contributed by atoms with Crippen molar-refractivity contribution >= 4 is 16.9 Å². The van der Waals surface area contributed by atoms with Crippen LogP contribution in [0.15, 0.2) is 29.0 Å². The number of methoxy groups -OCH3 is 1. The van der Waals surface area contributed by atoms with Gasteiger partial charge in [0.2, 0.25) is 0 Å². The lowest BCUT2D eigenvalue weighted by molar-refractivity contribution is -0.104. The van der Waals surface area contributed by atoms with Crippen molar-refractivity contribution < 1.29 is 14.2 Å². The molecule has 6 heteroatoms. The number of halogens is 1. The van der Waals surface area contributed by atoms with Gasteiger partial charge in [0, 0.05) is 13.0 Å². The maximum atomic E-state index is 14.0. The number of hydrogen-bond acceptors (Lipinski definition) is 4. The number of ether oxygens (including phenoxy) is 1. The molecule has 3 rings (SSSR count). The molecule has 0 aromatic carbocycles. The van der Waals surface area contributed by atoms with Gasteiger partial charge in [0.1, 0.15) is 12.1 Å². The van der Waals surface area contributed by atoms with Gasteiger partial charge in [-0.15, -0.1) is 0 Å². The van der Waals surface area contributed by atoms with E-state index in [1.54, 1.807) is 13.2 Å². The molecule has 4 nitrogen and oxygen atoms in total. The third-order valence-electron chi connectivity index (χ3n) is 5.44. The number of nitrogens with zero attached hydrogens (tertiary/aromatic N) is 1. The first-order valence-electron chi connectivity index (χ1n) is 8.20. The summed E-state index contributed by atoms with van der Waals surface area (Å²) < 4.78 is 19.1. The van der Waals surface area contributed by atoms with Crippen molar-refractivity contribution in [2.75, 3.05) is 7.11 Å². The zero-order valence-electron chi connectivity index (χ0n) is 13.9. The number of amidine groups is 1. The molecule has 1 heterocycles. The lowest BCUT2D eigenvalue weighted by Gasteiger charge is -2.49. The van der Waals surface area contributed by atoms with Gasteiger partial charge >= 0.3 is 0 Å². The Kier molecular flexibility index (Phi) is 4.60. The minimum Gasteiger partial charge on any atom is -0.388 e. The van der Waals surface area contributed by atoms with Gasteiger partial charge in [0.15, 0.2) is 5.17 Å². The van der Waals surface area contributed by atoms with Crippen LogP contribution in [-0.4, -0.2) is 40.0 Å². The molecule has 2 fully saturated rings. The molecule has 0 radical (unpaired) electrons. The molecule has 23 heavy (non-hydrogen) atoms. The molecule has 2 aliphatic carbocycles. The highest BCUT2D eigenvalue weighted by Crippen LogP contribution is 2.52. The number of thioether (sulfide) groups is 1. The summed E-state index contributed by atoms with van der Waals surface area (Å²) in [6, 6.07) is -0.165. The molecule has 4 atom stereocenters. The van der Waals surface area contributed by atoms with Gasteiger partial charge in [0.05, 0.1) is 16.4 Å². The Morgan fingerprint density at radius 2 is 2.26 bits per heavy atom. The average Bonchev–Trinajstić information content (AvgIpc) is 2.82. The standard InChI is InChI=1S/C17H25FN2O2S/c1-11(12-7-4-5-8-13(12)18)19-15-20-14(22-3)16(2,23-15)17(21)9-6-10-17/h4-5,8,11-12,14,21H,6-7,9-10H2,1-3H3,(H,19,20)/t11-,12?,14?,16-/m0/s1. The highest BCUT2D eigenvalue weighted by molar-refractivity contribution is 8.15. The predicted molar refractivity (Wildman–Crippen MR) is 92.1 cm³/mol. The van der Waals surface area contributed by atoms with Crippen molar-refractivity contribution in [3.63, 3.8) is 0 Å². The normalized spacial score (nSPS) is 38.8. The summed E-state index contributed by atoms with van der Waals surface area (Å²) in [5.74, 6) is -0.328. The minimum atomic E-state index is -0.732. The highest BCUT2D eigenvalue weighted by atomic mass is 32.2. The number of hydrogen-bond donors (Lipinski definition) is 2. The Balaban J connectivity index is 1.76. The monoisotopic (exact) mass is 340 g/mol. The van der Waals surface area contributed by atoms with Crippen LogP contribution in [0.5, 0.6) is 0 Å².